The Bertz CT molecular complexity index is 946. The van der Waals surface area contributed by atoms with Crippen molar-refractivity contribution in [3.05, 3.63) is 46.8 Å². The fraction of sp³-hybridized carbons (Fsp3) is 0.500. The second kappa shape index (κ2) is 6.76. The van der Waals surface area contributed by atoms with Gasteiger partial charge in [0, 0.05) is 24.3 Å². The summed E-state index contributed by atoms with van der Waals surface area (Å²) < 4.78 is 1.92. The Balaban J connectivity index is 1.70. The van der Waals surface area contributed by atoms with E-state index in [0.29, 0.717) is 18.7 Å². The van der Waals surface area contributed by atoms with Crippen LogP contribution in [0, 0.1) is 18.3 Å². The number of rotatable bonds is 4. The Morgan fingerprint density at radius 3 is 2.61 bits per heavy atom. The molecule has 0 bridgehead atoms. The molecular weight excluding hydrogens is 354 g/mol. The average Bonchev–Trinajstić information content (AvgIpc) is 3.37. The van der Waals surface area contributed by atoms with Crippen LogP contribution in [-0.2, 0) is 17.6 Å². The number of fused-ring (bicyclic) bond motifs is 1. The highest BCUT2D eigenvalue weighted by molar-refractivity contribution is 5.95. The van der Waals surface area contributed by atoms with Crippen LogP contribution in [0.15, 0.2) is 24.3 Å². The van der Waals surface area contributed by atoms with E-state index in [1.54, 1.807) is 4.90 Å². The van der Waals surface area contributed by atoms with Crippen LogP contribution >= 0.6 is 0 Å². The van der Waals surface area contributed by atoms with Crippen LogP contribution in [0.2, 0.25) is 0 Å². The minimum Gasteiger partial charge on any atom is -0.481 e. The van der Waals surface area contributed by atoms with E-state index in [4.69, 9.17) is 5.10 Å². The number of aryl methyl sites for hydroxylation is 1. The van der Waals surface area contributed by atoms with Gasteiger partial charge in [-0.15, -0.1) is 0 Å². The number of benzene rings is 1. The van der Waals surface area contributed by atoms with Gasteiger partial charge in [-0.1, -0.05) is 32.0 Å². The van der Waals surface area contributed by atoms with Crippen LogP contribution < -0.4 is 0 Å². The number of carboxylic acid groups (broad SMARTS) is 1. The topological polar surface area (TPSA) is 75.4 Å². The minimum atomic E-state index is -0.864. The zero-order valence-electron chi connectivity index (χ0n) is 16.7. The van der Waals surface area contributed by atoms with Gasteiger partial charge in [0.05, 0.1) is 11.1 Å². The zero-order chi connectivity index (χ0) is 20.1. The number of hydrogen-bond donors (Lipinski definition) is 1. The van der Waals surface area contributed by atoms with Crippen molar-refractivity contribution < 1.29 is 14.7 Å². The molecule has 1 unspecified atom stereocenters. The second-order valence-electron chi connectivity index (χ2n) is 8.42. The summed E-state index contributed by atoms with van der Waals surface area (Å²) in [5.74, 6) is -0.972. The maximum atomic E-state index is 13.3. The summed E-state index contributed by atoms with van der Waals surface area (Å²) in [6.07, 6.45) is 3.27. The first kappa shape index (κ1) is 18.7. The molecule has 2 heterocycles. The van der Waals surface area contributed by atoms with Crippen molar-refractivity contribution in [2.75, 3.05) is 13.1 Å². The van der Waals surface area contributed by atoms with Gasteiger partial charge >= 0.3 is 5.97 Å². The Kier molecular flexibility index (Phi) is 4.52. The van der Waals surface area contributed by atoms with Gasteiger partial charge in [0.25, 0.3) is 5.91 Å². The number of para-hydroxylation sites is 1. The molecule has 1 atom stereocenters. The minimum absolute atomic E-state index is 0.0296. The van der Waals surface area contributed by atoms with Gasteiger partial charge in [-0.2, -0.15) is 5.10 Å². The zero-order valence-corrected chi connectivity index (χ0v) is 16.7. The number of amides is 1. The Labute approximate surface area is 165 Å². The predicted octanol–water partition coefficient (Wildman–Crippen LogP) is 3.24. The summed E-state index contributed by atoms with van der Waals surface area (Å²) in [5, 5.41) is 14.5. The van der Waals surface area contributed by atoms with E-state index >= 15 is 0 Å². The lowest BCUT2D eigenvalue weighted by Gasteiger charge is -2.28. The molecule has 1 aromatic carbocycles. The molecule has 0 spiro atoms. The number of nitrogens with zero attached hydrogens (tertiary/aromatic N) is 3. The van der Waals surface area contributed by atoms with E-state index in [1.165, 1.54) is 0 Å². The van der Waals surface area contributed by atoms with Gasteiger partial charge in [-0.05, 0) is 50.2 Å². The van der Waals surface area contributed by atoms with Gasteiger partial charge in [-0.3, -0.25) is 9.59 Å². The summed E-state index contributed by atoms with van der Waals surface area (Å²) in [4.78, 5) is 26.9. The van der Waals surface area contributed by atoms with Crippen molar-refractivity contribution in [2.24, 2.45) is 11.3 Å². The molecule has 2 aliphatic rings. The van der Waals surface area contributed by atoms with Crippen molar-refractivity contribution in [3.8, 4) is 5.69 Å². The maximum absolute atomic E-state index is 13.3. The summed E-state index contributed by atoms with van der Waals surface area (Å²) in [7, 11) is 0. The molecule has 6 heteroatoms. The quantitative estimate of drug-likeness (QED) is 0.882. The molecule has 1 aromatic heterocycles. The molecule has 1 N–H and O–H groups in total. The lowest BCUT2D eigenvalue weighted by molar-refractivity contribution is -0.150. The molecule has 1 aliphatic carbocycles. The number of hydrogen-bond acceptors (Lipinski definition) is 3. The molecular formula is C22H27N3O3. The van der Waals surface area contributed by atoms with E-state index in [2.05, 4.69) is 0 Å². The number of aliphatic carboxylic acids is 1. The van der Waals surface area contributed by atoms with Crippen molar-refractivity contribution in [1.82, 2.24) is 14.7 Å². The third-order valence-corrected chi connectivity index (χ3v) is 6.60. The molecule has 0 saturated carbocycles. The van der Waals surface area contributed by atoms with E-state index in [9.17, 15) is 14.7 Å². The Morgan fingerprint density at radius 2 is 1.96 bits per heavy atom. The van der Waals surface area contributed by atoms with Crippen LogP contribution in [0.4, 0.5) is 0 Å². The number of likely N-dealkylation sites (tertiary alicyclic amines) is 1. The van der Waals surface area contributed by atoms with E-state index < -0.39 is 11.4 Å². The van der Waals surface area contributed by atoms with E-state index in [0.717, 1.165) is 41.8 Å². The Hall–Kier alpha value is -2.63. The van der Waals surface area contributed by atoms with Crippen LogP contribution in [0.5, 0.6) is 0 Å². The molecule has 1 saturated heterocycles. The lowest BCUT2D eigenvalue weighted by Crippen LogP contribution is -2.40. The third-order valence-electron chi connectivity index (χ3n) is 6.60. The number of aromatic nitrogens is 2. The van der Waals surface area contributed by atoms with Crippen LogP contribution in [0.3, 0.4) is 0 Å². The molecule has 0 radical (unpaired) electrons. The smallest absolute Gasteiger partial charge is 0.311 e. The van der Waals surface area contributed by atoms with Gasteiger partial charge in [0.1, 0.15) is 0 Å². The third kappa shape index (κ3) is 2.74. The standard InChI is InChI=1S/C22H27N3O3/c1-14(2)22(21(27)28)11-12-24(13-22)20(26)19-16-8-6-10-18(16)25(23-19)17-9-5-4-7-15(17)3/h4-5,7,9,14H,6,8,10-13H2,1-3H3,(H,27,28). The Morgan fingerprint density at radius 1 is 1.21 bits per heavy atom. The molecule has 2 aromatic rings. The van der Waals surface area contributed by atoms with Gasteiger partial charge < -0.3 is 10.0 Å². The lowest BCUT2D eigenvalue weighted by atomic mass is 9.76. The van der Waals surface area contributed by atoms with Gasteiger partial charge in [-0.25, -0.2) is 4.68 Å². The molecule has 1 aliphatic heterocycles. The molecule has 148 valence electrons. The SMILES string of the molecule is Cc1ccccc1-n1nc(C(=O)N2CCC(C(=O)O)(C(C)C)C2)c2c1CCC2. The first-order valence-electron chi connectivity index (χ1n) is 10.0. The average molecular weight is 381 g/mol. The fourth-order valence-electron chi connectivity index (χ4n) is 4.66. The highest BCUT2D eigenvalue weighted by Gasteiger charge is 2.49. The summed E-state index contributed by atoms with van der Waals surface area (Å²) in [5.41, 5.74) is 3.90. The first-order chi connectivity index (χ1) is 13.3. The monoisotopic (exact) mass is 381 g/mol. The largest absolute Gasteiger partial charge is 0.481 e. The van der Waals surface area contributed by atoms with Crippen molar-refractivity contribution >= 4 is 11.9 Å². The van der Waals surface area contributed by atoms with E-state index in [1.807, 2.05) is 49.7 Å². The first-order valence-corrected chi connectivity index (χ1v) is 10.0. The van der Waals surface area contributed by atoms with Crippen LogP contribution in [0.1, 0.15) is 54.0 Å². The van der Waals surface area contributed by atoms with Gasteiger partial charge in [0.2, 0.25) is 0 Å². The molecule has 6 nitrogen and oxygen atoms in total. The van der Waals surface area contributed by atoms with E-state index in [-0.39, 0.29) is 18.4 Å². The van der Waals surface area contributed by atoms with Crippen molar-refractivity contribution in [2.45, 2.75) is 46.5 Å². The number of carboxylic acids is 1. The highest BCUT2D eigenvalue weighted by atomic mass is 16.4. The normalized spacial score (nSPS) is 21.4. The van der Waals surface area contributed by atoms with Crippen molar-refractivity contribution in [1.29, 1.82) is 0 Å². The van der Waals surface area contributed by atoms with Gasteiger partial charge in [0.15, 0.2) is 5.69 Å². The second-order valence-corrected chi connectivity index (χ2v) is 8.42. The van der Waals surface area contributed by atoms with Crippen LogP contribution in [0.25, 0.3) is 5.69 Å². The summed E-state index contributed by atoms with van der Waals surface area (Å²) in [6.45, 7) is 6.61. The molecule has 28 heavy (non-hydrogen) atoms. The number of carbonyl (C=O) groups excluding carboxylic acids is 1. The fourth-order valence-corrected chi connectivity index (χ4v) is 4.66. The summed E-state index contributed by atoms with van der Waals surface area (Å²) >= 11 is 0. The van der Waals surface area contributed by atoms with Crippen molar-refractivity contribution in [3.63, 3.8) is 0 Å². The number of carbonyl (C=O) groups is 2. The molecule has 4 rings (SSSR count). The van der Waals surface area contributed by atoms with Crippen LogP contribution in [-0.4, -0.2) is 44.8 Å². The molecule has 1 fully saturated rings. The highest BCUT2D eigenvalue weighted by Crippen LogP contribution is 2.39. The predicted molar refractivity (Wildman–Crippen MR) is 106 cm³/mol. The summed E-state index contributed by atoms with van der Waals surface area (Å²) in [6, 6.07) is 8.05. The maximum Gasteiger partial charge on any atom is 0.311 e. The molecule has 1 amide bonds.